The summed E-state index contributed by atoms with van der Waals surface area (Å²) in [5, 5.41) is 0.959. The Kier molecular flexibility index (Phi) is 4.88. The lowest BCUT2D eigenvalue weighted by molar-refractivity contribution is 0.0606. The van der Waals surface area contributed by atoms with E-state index in [1.54, 1.807) is 6.20 Å². The summed E-state index contributed by atoms with van der Waals surface area (Å²) in [4.78, 5) is 19.8. The van der Waals surface area contributed by atoms with Gasteiger partial charge in [0.15, 0.2) is 0 Å². The van der Waals surface area contributed by atoms with Gasteiger partial charge in [0, 0.05) is 12.6 Å². The number of benzene rings is 1. The van der Waals surface area contributed by atoms with Crippen LogP contribution in [0, 0.1) is 6.92 Å². The maximum atomic E-state index is 12.7. The molecule has 116 valence electrons. The molecule has 0 aliphatic carbocycles. The monoisotopic (exact) mass is 314 g/mol. The lowest BCUT2D eigenvalue weighted by Gasteiger charge is -2.35. The molecule has 4 heteroatoms. The number of hydrogen-bond acceptors (Lipinski definition) is 3. The van der Waals surface area contributed by atoms with E-state index in [4.69, 9.17) is 0 Å². The van der Waals surface area contributed by atoms with Crippen molar-refractivity contribution in [2.24, 2.45) is 0 Å². The van der Waals surface area contributed by atoms with Gasteiger partial charge < -0.3 is 4.90 Å². The minimum atomic E-state index is 0.170. The summed E-state index contributed by atoms with van der Waals surface area (Å²) in [6, 6.07) is 10.9. The molecule has 1 atom stereocenters. The van der Waals surface area contributed by atoms with Gasteiger partial charge in [0.2, 0.25) is 0 Å². The first-order valence-electron chi connectivity index (χ1n) is 8.01. The van der Waals surface area contributed by atoms with Gasteiger partial charge in [-0.05, 0) is 44.6 Å². The number of hydrogen-bond donors (Lipinski definition) is 0. The third-order valence-electron chi connectivity index (χ3n) is 4.33. The van der Waals surface area contributed by atoms with Crippen LogP contribution in [0.1, 0.15) is 45.9 Å². The highest BCUT2D eigenvalue weighted by Crippen LogP contribution is 2.25. The maximum Gasteiger partial charge on any atom is 0.265 e. The van der Waals surface area contributed by atoms with Crippen LogP contribution in [0.5, 0.6) is 0 Å². The lowest BCUT2D eigenvalue weighted by atomic mass is 9.95. The van der Waals surface area contributed by atoms with E-state index >= 15 is 0 Å². The van der Waals surface area contributed by atoms with Crippen molar-refractivity contribution in [2.75, 3.05) is 6.54 Å². The topological polar surface area (TPSA) is 33.2 Å². The molecular formula is C18H22N2OS. The fraction of sp³-hybridized carbons (Fsp3) is 0.444. The molecule has 3 nitrogen and oxygen atoms in total. The van der Waals surface area contributed by atoms with E-state index in [1.165, 1.54) is 23.3 Å². The number of carbonyl (C=O) groups excluding carboxylic acids is 1. The van der Waals surface area contributed by atoms with E-state index in [0.717, 1.165) is 42.1 Å². The van der Waals surface area contributed by atoms with Gasteiger partial charge in [-0.1, -0.05) is 30.3 Å². The first-order chi connectivity index (χ1) is 10.7. The summed E-state index contributed by atoms with van der Waals surface area (Å²) in [5.74, 6) is 0.170. The van der Waals surface area contributed by atoms with Crippen LogP contribution in [0.2, 0.25) is 0 Å². The summed E-state index contributed by atoms with van der Waals surface area (Å²) in [6.07, 6.45) is 7.28. The standard InChI is InChI=1S/C18H22N2OS/c1-14-19-13-17(22-14)18(21)20-12-6-5-9-16(20)11-10-15-7-3-2-4-8-15/h2-4,7-8,13,16H,5-6,9-12H2,1H3/t16-/m1/s1. The number of piperidine rings is 1. The first-order valence-corrected chi connectivity index (χ1v) is 8.83. The Morgan fingerprint density at radius 2 is 2.14 bits per heavy atom. The normalized spacial score (nSPS) is 18.4. The minimum Gasteiger partial charge on any atom is -0.335 e. The predicted molar refractivity (Wildman–Crippen MR) is 90.3 cm³/mol. The zero-order chi connectivity index (χ0) is 15.4. The number of carbonyl (C=O) groups is 1. The van der Waals surface area contributed by atoms with Crippen molar-refractivity contribution in [1.29, 1.82) is 0 Å². The predicted octanol–water partition coefficient (Wildman–Crippen LogP) is 4.08. The third kappa shape index (κ3) is 3.55. The number of likely N-dealkylation sites (tertiary alicyclic amines) is 1. The second-order valence-corrected chi connectivity index (χ2v) is 7.15. The zero-order valence-corrected chi connectivity index (χ0v) is 13.8. The fourth-order valence-corrected chi connectivity index (χ4v) is 3.88. The van der Waals surface area contributed by atoms with Crippen molar-refractivity contribution < 1.29 is 4.79 Å². The number of aryl methyl sites for hydroxylation is 2. The van der Waals surface area contributed by atoms with Crippen molar-refractivity contribution in [2.45, 2.75) is 45.1 Å². The molecule has 0 bridgehead atoms. The highest BCUT2D eigenvalue weighted by molar-refractivity contribution is 7.13. The van der Waals surface area contributed by atoms with E-state index in [-0.39, 0.29) is 5.91 Å². The van der Waals surface area contributed by atoms with Gasteiger partial charge in [0.1, 0.15) is 4.88 Å². The average Bonchev–Trinajstić information content (AvgIpc) is 3.00. The Balaban J connectivity index is 1.67. The average molecular weight is 314 g/mol. The van der Waals surface area contributed by atoms with Crippen molar-refractivity contribution in [3.8, 4) is 0 Å². The SMILES string of the molecule is Cc1ncc(C(=O)N2CCCC[C@@H]2CCc2ccccc2)s1. The molecule has 1 aromatic heterocycles. The Hall–Kier alpha value is -1.68. The van der Waals surface area contributed by atoms with E-state index < -0.39 is 0 Å². The first kappa shape index (κ1) is 15.2. The molecule has 1 aliphatic rings. The van der Waals surface area contributed by atoms with Crippen molar-refractivity contribution in [3.63, 3.8) is 0 Å². The van der Waals surface area contributed by atoms with E-state index in [9.17, 15) is 4.79 Å². The van der Waals surface area contributed by atoms with Crippen LogP contribution in [-0.4, -0.2) is 28.4 Å². The quantitative estimate of drug-likeness (QED) is 0.852. The summed E-state index contributed by atoms with van der Waals surface area (Å²) < 4.78 is 0. The van der Waals surface area contributed by atoms with Crippen LogP contribution in [0.15, 0.2) is 36.5 Å². The highest BCUT2D eigenvalue weighted by Gasteiger charge is 2.28. The van der Waals surface area contributed by atoms with E-state index in [0.29, 0.717) is 6.04 Å². The van der Waals surface area contributed by atoms with Gasteiger partial charge in [-0.25, -0.2) is 4.98 Å². The zero-order valence-electron chi connectivity index (χ0n) is 13.0. The molecule has 0 N–H and O–H groups in total. The van der Waals surface area contributed by atoms with Crippen molar-refractivity contribution >= 4 is 17.2 Å². The molecule has 1 amide bonds. The second kappa shape index (κ2) is 7.05. The van der Waals surface area contributed by atoms with Gasteiger partial charge >= 0.3 is 0 Å². The van der Waals surface area contributed by atoms with Crippen LogP contribution in [0.3, 0.4) is 0 Å². The molecule has 3 rings (SSSR count). The second-order valence-electron chi connectivity index (χ2n) is 5.92. The number of thiazole rings is 1. The van der Waals surface area contributed by atoms with Gasteiger partial charge in [-0.15, -0.1) is 11.3 Å². The Bertz CT molecular complexity index is 623. The van der Waals surface area contributed by atoms with E-state index in [2.05, 4.69) is 34.1 Å². The van der Waals surface area contributed by atoms with Crippen LogP contribution in [0.25, 0.3) is 0 Å². The van der Waals surface area contributed by atoms with Crippen molar-refractivity contribution in [1.82, 2.24) is 9.88 Å². The summed E-state index contributed by atoms with van der Waals surface area (Å²) in [5.41, 5.74) is 1.36. The molecular weight excluding hydrogens is 292 g/mol. The number of nitrogens with zero attached hydrogens (tertiary/aromatic N) is 2. The summed E-state index contributed by atoms with van der Waals surface area (Å²) in [7, 11) is 0. The molecule has 1 saturated heterocycles. The largest absolute Gasteiger partial charge is 0.335 e. The van der Waals surface area contributed by atoms with Crippen LogP contribution in [-0.2, 0) is 6.42 Å². The van der Waals surface area contributed by atoms with Gasteiger partial charge in [0.25, 0.3) is 5.91 Å². The van der Waals surface area contributed by atoms with Crippen LogP contribution >= 0.6 is 11.3 Å². The summed E-state index contributed by atoms with van der Waals surface area (Å²) in [6.45, 7) is 2.83. The molecule has 1 aromatic carbocycles. The fourth-order valence-electron chi connectivity index (χ4n) is 3.15. The number of amides is 1. The molecule has 22 heavy (non-hydrogen) atoms. The Morgan fingerprint density at radius 1 is 1.32 bits per heavy atom. The molecule has 2 aromatic rings. The highest BCUT2D eigenvalue weighted by atomic mass is 32.1. The lowest BCUT2D eigenvalue weighted by Crippen LogP contribution is -2.43. The van der Waals surface area contributed by atoms with Gasteiger partial charge in [-0.3, -0.25) is 4.79 Å². The smallest absolute Gasteiger partial charge is 0.265 e. The molecule has 0 unspecified atom stereocenters. The van der Waals surface area contributed by atoms with Crippen LogP contribution < -0.4 is 0 Å². The van der Waals surface area contributed by atoms with E-state index in [1.807, 2.05) is 13.0 Å². The van der Waals surface area contributed by atoms with Crippen LogP contribution in [0.4, 0.5) is 0 Å². The Labute approximate surface area is 136 Å². The van der Waals surface area contributed by atoms with Gasteiger partial charge in [-0.2, -0.15) is 0 Å². The molecule has 0 radical (unpaired) electrons. The van der Waals surface area contributed by atoms with Gasteiger partial charge in [0.05, 0.1) is 11.2 Å². The minimum absolute atomic E-state index is 0.170. The molecule has 0 spiro atoms. The molecule has 0 saturated carbocycles. The maximum absolute atomic E-state index is 12.7. The van der Waals surface area contributed by atoms with Crippen molar-refractivity contribution in [3.05, 3.63) is 52.0 Å². The molecule has 1 fully saturated rings. The summed E-state index contributed by atoms with van der Waals surface area (Å²) >= 11 is 1.50. The number of aromatic nitrogens is 1. The Morgan fingerprint density at radius 3 is 2.86 bits per heavy atom. The molecule has 1 aliphatic heterocycles. The third-order valence-corrected chi connectivity index (χ3v) is 5.23. The number of rotatable bonds is 4. The molecule has 2 heterocycles.